The molecule has 0 radical (unpaired) electrons. The molecule has 1 aromatic heterocycles. The predicted molar refractivity (Wildman–Crippen MR) is 101 cm³/mol. The maximum Gasteiger partial charge on any atom is 0.249 e. The van der Waals surface area contributed by atoms with Gasteiger partial charge in [-0.1, -0.05) is 41.7 Å². The first kappa shape index (κ1) is 17.7. The summed E-state index contributed by atoms with van der Waals surface area (Å²) in [5, 5.41) is 11.0. The Kier molecular flexibility index (Phi) is 4.94. The number of nitrogens with one attached hydrogen (secondary N) is 1. The van der Waals surface area contributed by atoms with Crippen molar-refractivity contribution in [3.8, 4) is 5.75 Å². The molecule has 2 aromatic carbocycles. The van der Waals surface area contributed by atoms with Crippen molar-refractivity contribution in [1.29, 1.82) is 0 Å². The Morgan fingerprint density at radius 1 is 1.24 bits per heavy atom. The van der Waals surface area contributed by atoms with Gasteiger partial charge in [0, 0.05) is 12.1 Å². The highest BCUT2D eigenvalue weighted by atomic mass is 32.2. The summed E-state index contributed by atoms with van der Waals surface area (Å²) in [7, 11) is -3.73. The van der Waals surface area contributed by atoms with Gasteiger partial charge in [0.05, 0.1) is 12.3 Å². The highest BCUT2D eigenvalue weighted by Crippen LogP contribution is 2.30. The van der Waals surface area contributed by atoms with E-state index in [-0.39, 0.29) is 10.3 Å². The summed E-state index contributed by atoms with van der Waals surface area (Å²) in [5.74, 6) is 0.796. The summed E-state index contributed by atoms with van der Waals surface area (Å²) >= 11 is 1.01. The highest BCUT2D eigenvalue weighted by Gasteiger charge is 2.14. The fourth-order valence-electron chi connectivity index (χ4n) is 2.50. The molecule has 0 aliphatic carbocycles. The van der Waals surface area contributed by atoms with Crippen molar-refractivity contribution in [3.63, 3.8) is 0 Å². The molecular formula is C17H19N3O3S2. The Hall–Kier alpha value is -2.16. The van der Waals surface area contributed by atoms with Gasteiger partial charge in [0.25, 0.3) is 0 Å². The van der Waals surface area contributed by atoms with Gasteiger partial charge in [-0.3, -0.25) is 0 Å². The number of benzene rings is 2. The zero-order chi connectivity index (χ0) is 18.0. The van der Waals surface area contributed by atoms with Crippen molar-refractivity contribution in [2.45, 2.75) is 30.7 Å². The molecule has 1 heterocycles. The second-order valence-corrected chi connectivity index (χ2v) is 8.63. The van der Waals surface area contributed by atoms with E-state index in [0.717, 1.165) is 33.4 Å². The third-order valence-corrected chi connectivity index (χ3v) is 5.90. The van der Waals surface area contributed by atoms with E-state index in [4.69, 9.17) is 9.88 Å². The minimum atomic E-state index is -3.73. The van der Waals surface area contributed by atoms with E-state index in [1.807, 2.05) is 50.2 Å². The van der Waals surface area contributed by atoms with Gasteiger partial charge in [-0.25, -0.2) is 18.5 Å². The number of nitrogens with zero attached hydrogens (tertiary/aromatic N) is 1. The average Bonchev–Trinajstić information content (AvgIpc) is 3.02. The van der Waals surface area contributed by atoms with E-state index in [2.05, 4.69) is 10.3 Å². The van der Waals surface area contributed by atoms with Gasteiger partial charge >= 0.3 is 0 Å². The molecule has 8 heteroatoms. The number of rotatable bonds is 6. The van der Waals surface area contributed by atoms with Crippen LogP contribution in [0.15, 0.2) is 46.8 Å². The van der Waals surface area contributed by atoms with Crippen LogP contribution in [0.2, 0.25) is 0 Å². The molecule has 0 spiro atoms. The molecule has 0 saturated heterocycles. The number of hydrogen-bond donors (Lipinski definition) is 2. The summed E-state index contributed by atoms with van der Waals surface area (Å²) in [5.41, 5.74) is 0.999. The Bertz CT molecular complexity index is 997. The smallest absolute Gasteiger partial charge is 0.249 e. The van der Waals surface area contributed by atoms with Crippen LogP contribution >= 0.6 is 11.3 Å². The average molecular weight is 377 g/mol. The summed E-state index contributed by atoms with van der Waals surface area (Å²) in [4.78, 5) is 4.08. The molecule has 0 bridgehead atoms. The molecule has 6 nitrogen and oxygen atoms in total. The van der Waals surface area contributed by atoms with Gasteiger partial charge in [-0.15, -0.1) is 0 Å². The molecule has 0 aliphatic heterocycles. The molecule has 3 aromatic rings. The number of aromatic nitrogens is 1. The summed E-state index contributed by atoms with van der Waals surface area (Å²) < 4.78 is 28.7. The van der Waals surface area contributed by atoms with Gasteiger partial charge in [0.2, 0.25) is 10.0 Å². The van der Waals surface area contributed by atoms with E-state index in [0.29, 0.717) is 11.7 Å². The number of hydrogen-bond acceptors (Lipinski definition) is 6. The largest absolute Gasteiger partial charge is 0.491 e. The second kappa shape index (κ2) is 6.99. The van der Waals surface area contributed by atoms with Crippen LogP contribution in [0.1, 0.15) is 19.4 Å². The molecule has 0 aliphatic rings. The molecule has 0 unspecified atom stereocenters. The Morgan fingerprint density at radius 2 is 2.00 bits per heavy atom. The normalized spacial score (nSPS) is 11.8. The van der Waals surface area contributed by atoms with E-state index >= 15 is 0 Å². The Balaban J connectivity index is 1.92. The third kappa shape index (κ3) is 4.09. The first-order chi connectivity index (χ1) is 11.8. The number of fused-ring (bicyclic) bond motifs is 1. The highest BCUT2D eigenvalue weighted by molar-refractivity contribution is 7.91. The Morgan fingerprint density at radius 3 is 2.68 bits per heavy atom. The van der Waals surface area contributed by atoms with Crippen LogP contribution in [0.5, 0.6) is 5.75 Å². The van der Waals surface area contributed by atoms with E-state index in [1.54, 1.807) is 0 Å². The van der Waals surface area contributed by atoms with E-state index < -0.39 is 10.0 Å². The number of primary sulfonamides is 1. The van der Waals surface area contributed by atoms with Gasteiger partial charge in [-0.05, 0) is 30.7 Å². The third-order valence-electron chi connectivity index (χ3n) is 3.54. The van der Waals surface area contributed by atoms with E-state index in [1.165, 1.54) is 6.20 Å². The second-order valence-electron chi connectivity index (χ2n) is 5.81. The fourth-order valence-corrected chi connectivity index (χ4v) is 3.95. The molecule has 0 fully saturated rings. The lowest BCUT2D eigenvalue weighted by atomic mass is 10.0. The molecule has 0 atom stereocenters. The fraction of sp³-hybridized carbons (Fsp3) is 0.235. The van der Waals surface area contributed by atoms with Crippen molar-refractivity contribution < 1.29 is 13.2 Å². The van der Waals surface area contributed by atoms with Crippen LogP contribution in [-0.2, 0) is 16.6 Å². The number of anilines is 1. The van der Waals surface area contributed by atoms with Crippen molar-refractivity contribution in [2.24, 2.45) is 5.14 Å². The van der Waals surface area contributed by atoms with E-state index in [9.17, 15) is 8.42 Å². The molecule has 3 N–H and O–H groups in total. The molecule has 3 rings (SSSR count). The van der Waals surface area contributed by atoms with Gasteiger partial charge in [0.15, 0.2) is 9.34 Å². The zero-order valence-corrected chi connectivity index (χ0v) is 15.5. The van der Waals surface area contributed by atoms with Crippen LogP contribution < -0.4 is 15.2 Å². The van der Waals surface area contributed by atoms with Crippen molar-refractivity contribution in [1.82, 2.24) is 4.98 Å². The SMILES string of the molecule is CC(C)Oc1ccc2ccccc2c1CNc1ncc(S(N)(=O)=O)s1. The van der Waals surface area contributed by atoms with Crippen LogP contribution in [0.3, 0.4) is 0 Å². The van der Waals surface area contributed by atoms with Crippen LogP contribution in [-0.4, -0.2) is 19.5 Å². The van der Waals surface area contributed by atoms with Gasteiger partial charge in [0.1, 0.15) is 5.75 Å². The lowest BCUT2D eigenvalue weighted by Gasteiger charge is -2.17. The predicted octanol–water partition coefficient (Wildman–Crippen LogP) is 3.34. The van der Waals surface area contributed by atoms with Crippen molar-refractivity contribution >= 4 is 37.3 Å². The lowest BCUT2D eigenvalue weighted by molar-refractivity contribution is 0.240. The number of thiazole rings is 1. The zero-order valence-electron chi connectivity index (χ0n) is 13.9. The molecule has 25 heavy (non-hydrogen) atoms. The lowest BCUT2D eigenvalue weighted by Crippen LogP contribution is -2.10. The van der Waals surface area contributed by atoms with Crippen molar-refractivity contribution in [2.75, 3.05) is 5.32 Å². The summed E-state index contributed by atoms with van der Waals surface area (Å²) in [6.07, 6.45) is 1.31. The maximum atomic E-state index is 11.4. The number of nitrogens with two attached hydrogens (primary N) is 1. The number of ether oxygens (including phenoxy) is 1. The topological polar surface area (TPSA) is 94.3 Å². The minimum absolute atomic E-state index is 0.0339. The van der Waals surface area contributed by atoms with Crippen LogP contribution in [0.4, 0.5) is 5.13 Å². The maximum absolute atomic E-state index is 11.4. The molecule has 0 amide bonds. The monoisotopic (exact) mass is 377 g/mol. The van der Waals surface area contributed by atoms with Crippen LogP contribution in [0.25, 0.3) is 10.8 Å². The summed E-state index contributed by atoms with van der Waals surface area (Å²) in [6, 6.07) is 12.0. The summed E-state index contributed by atoms with van der Waals surface area (Å²) in [6.45, 7) is 4.41. The van der Waals surface area contributed by atoms with Crippen LogP contribution in [0, 0.1) is 0 Å². The standard InChI is InChI=1S/C17H19N3O3S2/c1-11(2)23-15-8-7-12-5-3-4-6-13(12)14(15)9-19-17-20-10-16(24-17)25(18,21)22/h3-8,10-11H,9H2,1-2H3,(H,19,20)(H2,18,21,22). The van der Waals surface area contributed by atoms with Gasteiger partial charge < -0.3 is 10.1 Å². The molecular weight excluding hydrogens is 358 g/mol. The van der Waals surface area contributed by atoms with Crippen molar-refractivity contribution in [3.05, 3.63) is 48.2 Å². The first-order valence-electron chi connectivity index (χ1n) is 7.74. The first-order valence-corrected chi connectivity index (χ1v) is 10.1. The Labute approximate surface area is 150 Å². The molecule has 132 valence electrons. The van der Waals surface area contributed by atoms with Gasteiger partial charge in [-0.2, -0.15) is 0 Å². The quantitative estimate of drug-likeness (QED) is 0.687. The molecule has 0 saturated carbocycles. The minimum Gasteiger partial charge on any atom is -0.491 e. The number of sulfonamides is 1.